The Bertz CT molecular complexity index is 123. The first-order valence-corrected chi connectivity index (χ1v) is 1.86. The highest BCUT2D eigenvalue weighted by molar-refractivity contribution is 5.75. The average molecular weight is 135 g/mol. The van der Waals surface area contributed by atoms with Gasteiger partial charge in [0.25, 0.3) is 0 Å². The quantitative estimate of drug-likeness (QED) is 0.213. The van der Waals surface area contributed by atoms with Crippen LogP contribution in [0.2, 0.25) is 0 Å². The van der Waals surface area contributed by atoms with E-state index in [1.54, 1.807) is 5.43 Å². The number of hydrogen-bond acceptors (Lipinski definition) is 3. The van der Waals surface area contributed by atoms with Crippen molar-refractivity contribution in [3.8, 4) is 0 Å². The topological polar surface area (TPSA) is 111 Å². The Balaban J connectivity index is 3.28. The molecule has 9 heavy (non-hydrogen) atoms. The van der Waals surface area contributed by atoms with Crippen LogP contribution < -0.4 is 16.3 Å². The summed E-state index contributed by atoms with van der Waals surface area (Å²) in [6, 6.07) is -1.04. The molecule has 0 aromatic carbocycles. The zero-order valence-corrected chi connectivity index (χ0v) is 4.21. The smallest absolute Gasteiger partial charge is 0.423 e. The molecule has 0 aliphatic carbocycles. The number of nitrogens with one attached hydrogen (secondary N) is 3. The number of hydrazine groups is 1. The lowest BCUT2D eigenvalue weighted by atomic mass is 11.1. The molecule has 0 fully saturated rings. The van der Waals surface area contributed by atoms with Gasteiger partial charge < -0.3 is 5.11 Å². The van der Waals surface area contributed by atoms with Gasteiger partial charge in [-0.2, -0.15) is 0 Å². The van der Waals surface area contributed by atoms with Crippen LogP contribution in [0.3, 0.4) is 0 Å². The molecule has 0 saturated heterocycles. The lowest BCUT2D eigenvalue weighted by Crippen LogP contribution is -2.45. The summed E-state index contributed by atoms with van der Waals surface area (Å²) in [6.07, 6.45) is -1.42. The van der Waals surface area contributed by atoms with E-state index in [1.807, 2.05) is 0 Å². The highest BCUT2D eigenvalue weighted by Gasteiger charge is 1.96. The molecule has 0 rings (SSSR count). The predicted octanol–water partition coefficient (Wildman–Crippen LogP) is -1.14. The SMILES string of the molecule is O=C(O)NNC(=O)NO. The number of rotatable bonds is 0. The summed E-state index contributed by atoms with van der Waals surface area (Å²) in [4.78, 5) is 19.5. The van der Waals surface area contributed by atoms with Gasteiger partial charge in [0, 0.05) is 0 Å². The van der Waals surface area contributed by atoms with Gasteiger partial charge in [-0.3, -0.25) is 5.21 Å². The fraction of sp³-hybridized carbons (Fsp3) is 0. The van der Waals surface area contributed by atoms with Crippen molar-refractivity contribution in [3.05, 3.63) is 0 Å². The van der Waals surface area contributed by atoms with Crippen LogP contribution in [-0.4, -0.2) is 22.4 Å². The van der Waals surface area contributed by atoms with Gasteiger partial charge in [-0.05, 0) is 0 Å². The Hall–Kier alpha value is -1.50. The van der Waals surface area contributed by atoms with Crippen LogP contribution in [0.25, 0.3) is 0 Å². The molecule has 5 N–H and O–H groups in total. The van der Waals surface area contributed by atoms with Crippen molar-refractivity contribution in [2.45, 2.75) is 0 Å². The van der Waals surface area contributed by atoms with Crippen LogP contribution in [0.15, 0.2) is 0 Å². The first kappa shape index (κ1) is 7.50. The lowest BCUT2D eigenvalue weighted by Gasteiger charge is -1.99. The van der Waals surface area contributed by atoms with E-state index in [0.29, 0.717) is 0 Å². The summed E-state index contributed by atoms with van der Waals surface area (Å²) >= 11 is 0. The Morgan fingerprint density at radius 2 is 1.78 bits per heavy atom. The number of amides is 3. The minimum Gasteiger partial charge on any atom is -0.464 e. The van der Waals surface area contributed by atoms with Gasteiger partial charge in [-0.15, -0.1) is 0 Å². The van der Waals surface area contributed by atoms with Crippen LogP contribution in [0, 0.1) is 0 Å². The lowest BCUT2D eigenvalue weighted by molar-refractivity contribution is 0.153. The van der Waals surface area contributed by atoms with E-state index in [1.165, 1.54) is 5.43 Å². The largest absolute Gasteiger partial charge is 0.464 e. The molecule has 0 bridgehead atoms. The fourth-order valence-electron chi connectivity index (χ4n) is 0.138. The van der Waals surface area contributed by atoms with Crippen molar-refractivity contribution in [3.63, 3.8) is 0 Å². The number of hydroxylamine groups is 1. The monoisotopic (exact) mass is 135 g/mol. The second-order valence-corrected chi connectivity index (χ2v) is 0.996. The number of urea groups is 1. The third-order valence-corrected chi connectivity index (χ3v) is 0.385. The zero-order chi connectivity index (χ0) is 7.28. The molecule has 52 valence electrons. The van der Waals surface area contributed by atoms with Crippen molar-refractivity contribution >= 4 is 12.1 Å². The van der Waals surface area contributed by atoms with Gasteiger partial charge in [0.05, 0.1) is 0 Å². The van der Waals surface area contributed by atoms with Crippen molar-refractivity contribution in [2.75, 3.05) is 0 Å². The normalized spacial score (nSPS) is 7.67. The number of carbonyl (C=O) groups is 2. The maximum absolute atomic E-state index is 9.92. The maximum atomic E-state index is 9.92. The average Bonchev–Trinajstić information content (AvgIpc) is 1.83. The first-order valence-electron chi connectivity index (χ1n) is 1.86. The highest BCUT2D eigenvalue weighted by atomic mass is 16.5. The molecule has 0 aliphatic rings. The van der Waals surface area contributed by atoms with Gasteiger partial charge in [0.2, 0.25) is 0 Å². The molecule has 3 amide bonds. The molecule has 0 saturated carbocycles. The number of carbonyl (C=O) groups excluding carboxylic acids is 1. The highest BCUT2D eigenvalue weighted by Crippen LogP contribution is 1.55. The molecule has 0 atom stereocenters. The van der Waals surface area contributed by atoms with Crippen molar-refractivity contribution < 1.29 is 19.9 Å². The van der Waals surface area contributed by atoms with E-state index in [2.05, 4.69) is 0 Å². The summed E-state index contributed by atoms with van der Waals surface area (Å²) < 4.78 is 0. The van der Waals surface area contributed by atoms with E-state index in [9.17, 15) is 9.59 Å². The summed E-state index contributed by atoms with van der Waals surface area (Å²) in [6.45, 7) is 0. The molecule has 0 spiro atoms. The van der Waals surface area contributed by atoms with Crippen molar-refractivity contribution in [2.24, 2.45) is 0 Å². The predicted molar refractivity (Wildman–Crippen MR) is 24.6 cm³/mol. The molecule has 0 aromatic heterocycles. The molecule has 0 aromatic rings. The summed E-state index contributed by atoms with van der Waals surface area (Å²) in [5.41, 5.74) is 4.22. The Kier molecular flexibility index (Phi) is 2.91. The third-order valence-electron chi connectivity index (χ3n) is 0.385. The second kappa shape index (κ2) is 3.50. The van der Waals surface area contributed by atoms with Gasteiger partial charge in [-0.1, -0.05) is 0 Å². The van der Waals surface area contributed by atoms with Crippen molar-refractivity contribution in [1.82, 2.24) is 16.3 Å². The molecule has 0 heterocycles. The van der Waals surface area contributed by atoms with Crippen LogP contribution in [-0.2, 0) is 0 Å². The van der Waals surface area contributed by atoms with Crippen LogP contribution in [0.1, 0.15) is 0 Å². The van der Waals surface area contributed by atoms with E-state index >= 15 is 0 Å². The van der Waals surface area contributed by atoms with Gasteiger partial charge in [0.15, 0.2) is 0 Å². The van der Waals surface area contributed by atoms with Gasteiger partial charge in [0.1, 0.15) is 0 Å². The minimum atomic E-state index is -1.42. The first-order chi connectivity index (χ1) is 4.16. The molecule has 0 aliphatic heterocycles. The standard InChI is InChI=1S/C2H5N3O4/c6-1(5-9)3-4-2(7)8/h4,9H,(H,7,8)(H2,3,5,6). The van der Waals surface area contributed by atoms with Crippen LogP contribution >= 0.6 is 0 Å². The minimum absolute atomic E-state index is 1.04. The van der Waals surface area contributed by atoms with Crippen LogP contribution in [0.5, 0.6) is 0 Å². The van der Waals surface area contributed by atoms with E-state index in [-0.39, 0.29) is 0 Å². The molecule has 7 nitrogen and oxygen atoms in total. The van der Waals surface area contributed by atoms with Crippen molar-refractivity contribution in [1.29, 1.82) is 0 Å². The van der Waals surface area contributed by atoms with E-state index < -0.39 is 12.1 Å². The third kappa shape index (κ3) is 4.35. The van der Waals surface area contributed by atoms with Gasteiger partial charge in [-0.25, -0.2) is 25.9 Å². The Morgan fingerprint density at radius 3 is 2.11 bits per heavy atom. The second-order valence-electron chi connectivity index (χ2n) is 0.996. The summed E-state index contributed by atoms with van der Waals surface area (Å²) in [7, 11) is 0. The molecule has 0 unspecified atom stereocenters. The Morgan fingerprint density at radius 1 is 1.22 bits per heavy atom. The Labute approximate surface area is 49.6 Å². The van der Waals surface area contributed by atoms with E-state index in [4.69, 9.17) is 10.3 Å². The summed E-state index contributed by atoms with van der Waals surface area (Å²) in [5.74, 6) is 0. The zero-order valence-electron chi connectivity index (χ0n) is 4.21. The number of carboxylic acid groups (broad SMARTS) is 1. The summed E-state index contributed by atoms with van der Waals surface area (Å²) in [5, 5.41) is 15.6. The maximum Gasteiger partial charge on any atom is 0.423 e. The molecular formula is C2H5N3O4. The van der Waals surface area contributed by atoms with E-state index in [0.717, 1.165) is 5.48 Å². The molecular weight excluding hydrogens is 130 g/mol. The fourth-order valence-corrected chi connectivity index (χ4v) is 0.138. The van der Waals surface area contributed by atoms with Crippen LogP contribution in [0.4, 0.5) is 9.59 Å². The molecule has 0 radical (unpaired) electrons. The van der Waals surface area contributed by atoms with Gasteiger partial charge >= 0.3 is 12.1 Å². The molecule has 7 heteroatoms. The number of hydrogen-bond donors (Lipinski definition) is 5.